The molecule has 0 aliphatic rings. The zero-order chi connectivity index (χ0) is 17.1. The molecule has 23 heavy (non-hydrogen) atoms. The molecule has 1 atom stereocenters. The molecule has 0 radical (unpaired) electrons. The molecule has 0 fully saturated rings. The minimum atomic E-state index is -1.07. The van der Waals surface area contributed by atoms with Crippen LogP contribution in [0.15, 0.2) is 29.2 Å². The number of hydrogen-bond acceptors (Lipinski definition) is 4. The number of nitrogens with zero attached hydrogens (tertiary/aromatic N) is 3. The van der Waals surface area contributed by atoms with Crippen LogP contribution in [0.1, 0.15) is 43.6 Å². The maximum atomic E-state index is 12.3. The second kappa shape index (κ2) is 7.21. The van der Waals surface area contributed by atoms with E-state index in [1.807, 2.05) is 36.9 Å². The summed E-state index contributed by atoms with van der Waals surface area (Å²) in [5.74, 6) is 1.06. The van der Waals surface area contributed by atoms with Gasteiger partial charge in [-0.2, -0.15) is 0 Å². The highest BCUT2D eigenvalue weighted by Gasteiger charge is 2.18. The van der Waals surface area contributed by atoms with E-state index in [0.717, 1.165) is 22.0 Å². The molecular weight excluding hydrogens is 306 g/mol. The zero-order valence-electron chi connectivity index (χ0n) is 14.8. The van der Waals surface area contributed by atoms with Crippen LogP contribution in [0.3, 0.4) is 0 Å². The molecule has 0 bridgehead atoms. The summed E-state index contributed by atoms with van der Waals surface area (Å²) in [6.45, 7) is 11.0. The Kier molecular flexibility index (Phi) is 5.52. The van der Waals surface area contributed by atoms with Crippen LogP contribution < -0.4 is 4.90 Å². The number of aryl methyl sites for hydroxylation is 2. The maximum absolute atomic E-state index is 12.3. The number of aromatic nitrogens is 2. The average molecular weight is 331 g/mol. The SMILES string of the molecule is CCN(c1nc(C)cc(C)n1)c1ccc(C(C)C)cc1S(C)=O. The first kappa shape index (κ1) is 17.6. The van der Waals surface area contributed by atoms with Gasteiger partial charge in [-0.1, -0.05) is 19.9 Å². The Hall–Kier alpha value is -1.75. The first-order chi connectivity index (χ1) is 10.8. The molecule has 5 heteroatoms. The molecule has 4 nitrogen and oxygen atoms in total. The lowest BCUT2D eigenvalue weighted by molar-refractivity contribution is 0.686. The van der Waals surface area contributed by atoms with E-state index in [2.05, 4.69) is 36.8 Å². The summed E-state index contributed by atoms with van der Waals surface area (Å²) in [6, 6.07) is 8.14. The van der Waals surface area contributed by atoms with Crippen molar-refractivity contribution in [1.29, 1.82) is 0 Å². The quantitative estimate of drug-likeness (QED) is 0.827. The van der Waals surface area contributed by atoms with Gasteiger partial charge in [0.1, 0.15) is 0 Å². The lowest BCUT2D eigenvalue weighted by Gasteiger charge is -2.24. The molecule has 0 aliphatic carbocycles. The number of hydrogen-bond donors (Lipinski definition) is 0. The molecule has 0 saturated carbocycles. The molecule has 1 aromatic carbocycles. The molecule has 0 spiro atoms. The molecule has 0 amide bonds. The molecule has 1 aromatic heterocycles. The maximum Gasteiger partial charge on any atom is 0.230 e. The number of anilines is 2. The number of rotatable bonds is 5. The van der Waals surface area contributed by atoms with Gasteiger partial charge in [0.15, 0.2) is 0 Å². The van der Waals surface area contributed by atoms with Crippen molar-refractivity contribution in [3.8, 4) is 0 Å². The van der Waals surface area contributed by atoms with Crippen LogP contribution in [0.2, 0.25) is 0 Å². The first-order valence-electron chi connectivity index (χ1n) is 7.90. The van der Waals surface area contributed by atoms with Gasteiger partial charge in [0.2, 0.25) is 5.95 Å². The summed E-state index contributed by atoms with van der Waals surface area (Å²) in [5.41, 5.74) is 3.98. The van der Waals surface area contributed by atoms with Crippen molar-refractivity contribution in [2.24, 2.45) is 0 Å². The molecule has 2 aromatic rings. The third-order valence-electron chi connectivity index (χ3n) is 3.78. The van der Waals surface area contributed by atoms with E-state index in [4.69, 9.17) is 0 Å². The highest BCUT2D eigenvalue weighted by Crippen LogP contribution is 2.31. The third kappa shape index (κ3) is 3.96. The van der Waals surface area contributed by atoms with Gasteiger partial charge >= 0.3 is 0 Å². The zero-order valence-corrected chi connectivity index (χ0v) is 15.6. The first-order valence-corrected chi connectivity index (χ1v) is 9.46. The summed E-state index contributed by atoms with van der Waals surface area (Å²) in [5, 5.41) is 0. The molecule has 0 N–H and O–H groups in total. The predicted octanol–water partition coefficient (Wildman–Crippen LogP) is 4.11. The van der Waals surface area contributed by atoms with Gasteiger partial charge in [-0.05, 0) is 50.5 Å². The average Bonchev–Trinajstić information content (AvgIpc) is 2.46. The monoisotopic (exact) mass is 331 g/mol. The third-order valence-corrected chi connectivity index (χ3v) is 4.73. The van der Waals surface area contributed by atoms with Gasteiger partial charge in [0, 0.05) is 24.2 Å². The summed E-state index contributed by atoms with van der Waals surface area (Å²) in [6.07, 6.45) is 1.72. The van der Waals surface area contributed by atoms with Crippen LogP contribution in [0.5, 0.6) is 0 Å². The largest absolute Gasteiger partial charge is 0.310 e. The van der Waals surface area contributed by atoms with E-state index in [-0.39, 0.29) is 0 Å². The fraction of sp³-hybridized carbons (Fsp3) is 0.444. The smallest absolute Gasteiger partial charge is 0.230 e. The Labute approximate surface area is 141 Å². The fourth-order valence-corrected chi connectivity index (χ4v) is 3.37. The van der Waals surface area contributed by atoms with Crippen LogP contribution in [-0.2, 0) is 10.8 Å². The van der Waals surface area contributed by atoms with E-state index >= 15 is 0 Å². The minimum Gasteiger partial charge on any atom is -0.310 e. The van der Waals surface area contributed by atoms with Crippen molar-refractivity contribution in [2.75, 3.05) is 17.7 Å². The van der Waals surface area contributed by atoms with Crippen LogP contribution in [0.25, 0.3) is 0 Å². The molecule has 0 saturated heterocycles. The molecule has 0 aliphatic heterocycles. The van der Waals surface area contributed by atoms with E-state index in [1.54, 1.807) is 6.26 Å². The topological polar surface area (TPSA) is 46.1 Å². The lowest BCUT2D eigenvalue weighted by Crippen LogP contribution is -2.21. The van der Waals surface area contributed by atoms with E-state index in [1.165, 1.54) is 5.56 Å². The van der Waals surface area contributed by atoms with Crippen molar-refractivity contribution in [1.82, 2.24) is 9.97 Å². The Bertz CT molecular complexity index is 708. The standard InChI is InChI=1S/C18H25N3OS/c1-7-21(18-19-13(4)10-14(5)20-18)16-9-8-15(12(2)3)11-17(16)23(6)22/h8-12H,7H2,1-6H3. The number of benzene rings is 1. The van der Waals surface area contributed by atoms with Gasteiger partial charge in [0.05, 0.1) is 21.4 Å². The highest BCUT2D eigenvalue weighted by molar-refractivity contribution is 7.84. The van der Waals surface area contributed by atoms with Crippen molar-refractivity contribution < 1.29 is 4.21 Å². The van der Waals surface area contributed by atoms with Crippen LogP contribution in [0, 0.1) is 13.8 Å². The fourth-order valence-electron chi connectivity index (χ4n) is 2.59. The van der Waals surface area contributed by atoms with Crippen LogP contribution >= 0.6 is 0 Å². The van der Waals surface area contributed by atoms with Crippen molar-refractivity contribution in [2.45, 2.75) is 45.4 Å². The van der Waals surface area contributed by atoms with Gasteiger partial charge in [0.25, 0.3) is 0 Å². The van der Waals surface area contributed by atoms with Gasteiger partial charge < -0.3 is 4.90 Å². The Balaban J connectivity index is 2.59. The minimum absolute atomic E-state index is 0.402. The van der Waals surface area contributed by atoms with Crippen molar-refractivity contribution in [3.63, 3.8) is 0 Å². The van der Waals surface area contributed by atoms with Gasteiger partial charge in [-0.3, -0.25) is 4.21 Å². The van der Waals surface area contributed by atoms with E-state index in [9.17, 15) is 4.21 Å². The second-order valence-electron chi connectivity index (χ2n) is 6.03. The van der Waals surface area contributed by atoms with E-state index < -0.39 is 10.8 Å². The molecule has 1 heterocycles. The summed E-state index contributed by atoms with van der Waals surface area (Å²) >= 11 is 0. The molecule has 124 valence electrons. The highest BCUT2D eigenvalue weighted by atomic mass is 32.2. The van der Waals surface area contributed by atoms with Gasteiger partial charge in [-0.25, -0.2) is 9.97 Å². The predicted molar refractivity (Wildman–Crippen MR) is 97.0 cm³/mol. The van der Waals surface area contributed by atoms with Crippen LogP contribution in [0.4, 0.5) is 11.6 Å². The second-order valence-corrected chi connectivity index (χ2v) is 7.38. The Morgan fingerprint density at radius 2 is 1.74 bits per heavy atom. The van der Waals surface area contributed by atoms with Gasteiger partial charge in [-0.15, -0.1) is 0 Å². The summed E-state index contributed by atoms with van der Waals surface area (Å²) < 4.78 is 12.3. The summed E-state index contributed by atoms with van der Waals surface area (Å²) in [4.78, 5) is 12.0. The van der Waals surface area contributed by atoms with Crippen molar-refractivity contribution in [3.05, 3.63) is 41.2 Å². The summed E-state index contributed by atoms with van der Waals surface area (Å²) in [7, 11) is -1.07. The Morgan fingerprint density at radius 1 is 1.13 bits per heavy atom. The molecular formula is C18H25N3OS. The Morgan fingerprint density at radius 3 is 2.22 bits per heavy atom. The van der Waals surface area contributed by atoms with E-state index in [0.29, 0.717) is 18.4 Å². The van der Waals surface area contributed by atoms with Crippen LogP contribution in [-0.4, -0.2) is 27.0 Å². The molecule has 1 unspecified atom stereocenters. The van der Waals surface area contributed by atoms with Crippen molar-refractivity contribution >= 4 is 22.4 Å². The lowest BCUT2D eigenvalue weighted by atomic mass is 10.0. The molecule has 2 rings (SSSR count). The normalized spacial score (nSPS) is 12.5.